The number of anilines is 1. The Labute approximate surface area is 147 Å². The van der Waals surface area contributed by atoms with Crippen molar-refractivity contribution in [1.82, 2.24) is 15.3 Å². The van der Waals surface area contributed by atoms with E-state index in [2.05, 4.69) is 15.3 Å². The molecule has 0 aliphatic rings. The fourth-order valence-electron chi connectivity index (χ4n) is 3.10. The van der Waals surface area contributed by atoms with Gasteiger partial charge in [0.2, 0.25) is 0 Å². The molecular formula is C20H22N4O. The fourth-order valence-corrected chi connectivity index (χ4v) is 3.10. The van der Waals surface area contributed by atoms with Crippen LogP contribution in [0.25, 0.3) is 10.9 Å². The van der Waals surface area contributed by atoms with Crippen LogP contribution in [0.1, 0.15) is 27.2 Å². The van der Waals surface area contributed by atoms with Gasteiger partial charge < -0.3 is 10.2 Å². The van der Waals surface area contributed by atoms with Gasteiger partial charge in [0.05, 0.1) is 16.8 Å². The summed E-state index contributed by atoms with van der Waals surface area (Å²) < 4.78 is 0. The Morgan fingerprint density at radius 1 is 1.12 bits per heavy atom. The Balaban J connectivity index is 1.89. The van der Waals surface area contributed by atoms with Crippen LogP contribution in [0.5, 0.6) is 0 Å². The number of aromatic nitrogens is 2. The molecule has 1 amide bonds. The van der Waals surface area contributed by atoms with Crippen molar-refractivity contribution < 1.29 is 4.79 Å². The molecule has 3 rings (SSSR count). The van der Waals surface area contributed by atoms with Gasteiger partial charge in [0, 0.05) is 37.8 Å². The van der Waals surface area contributed by atoms with Gasteiger partial charge in [0.15, 0.2) is 0 Å². The molecule has 5 nitrogen and oxygen atoms in total. The van der Waals surface area contributed by atoms with Crippen molar-refractivity contribution >= 4 is 22.6 Å². The summed E-state index contributed by atoms with van der Waals surface area (Å²) in [5, 5.41) is 4.02. The molecule has 0 saturated heterocycles. The lowest BCUT2D eigenvalue weighted by Gasteiger charge is -2.17. The monoisotopic (exact) mass is 334 g/mol. The van der Waals surface area contributed by atoms with Crippen LogP contribution in [0.2, 0.25) is 0 Å². The van der Waals surface area contributed by atoms with Crippen LogP contribution in [0.4, 0.5) is 5.82 Å². The van der Waals surface area contributed by atoms with E-state index >= 15 is 0 Å². The van der Waals surface area contributed by atoms with Crippen LogP contribution in [-0.2, 0) is 6.54 Å². The maximum absolute atomic E-state index is 12.8. The number of rotatable bonds is 4. The maximum Gasteiger partial charge on any atom is 0.253 e. The van der Waals surface area contributed by atoms with E-state index in [0.717, 1.165) is 33.5 Å². The van der Waals surface area contributed by atoms with Crippen molar-refractivity contribution in [2.24, 2.45) is 0 Å². The Morgan fingerprint density at radius 3 is 2.64 bits per heavy atom. The van der Waals surface area contributed by atoms with Gasteiger partial charge >= 0.3 is 0 Å². The molecule has 0 fully saturated rings. The molecule has 3 aromatic rings. The number of amides is 1. The van der Waals surface area contributed by atoms with Gasteiger partial charge in [-0.05, 0) is 31.5 Å². The number of benzene rings is 1. The first-order chi connectivity index (χ1) is 12.0. The Bertz CT molecular complexity index is 934. The summed E-state index contributed by atoms with van der Waals surface area (Å²) >= 11 is 0. The molecule has 0 radical (unpaired) electrons. The number of hydrogen-bond acceptors (Lipinski definition) is 4. The normalized spacial score (nSPS) is 10.7. The van der Waals surface area contributed by atoms with Crippen molar-refractivity contribution in [2.75, 3.05) is 19.0 Å². The molecule has 5 heteroatoms. The highest BCUT2D eigenvalue weighted by atomic mass is 16.1. The molecule has 0 bridgehead atoms. The van der Waals surface area contributed by atoms with Crippen molar-refractivity contribution in [3.63, 3.8) is 0 Å². The van der Waals surface area contributed by atoms with Crippen LogP contribution in [0.15, 0.2) is 42.6 Å². The first-order valence-corrected chi connectivity index (χ1v) is 8.24. The summed E-state index contributed by atoms with van der Waals surface area (Å²) in [5.41, 5.74) is 4.24. The SMILES string of the molecule is Cc1nc2ccccc2c(C)c1C(=O)NCc1cccnc1N(C)C. The summed E-state index contributed by atoms with van der Waals surface area (Å²) in [7, 11) is 3.88. The zero-order chi connectivity index (χ0) is 18.0. The highest BCUT2D eigenvalue weighted by Crippen LogP contribution is 2.22. The van der Waals surface area contributed by atoms with Crippen molar-refractivity contribution in [3.8, 4) is 0 Å². The summed E-state index contributed by atoms with van der Waals surface area (Å²) in [6.07, 6.45) is 1.75. The molecule has 0 spiro atoms. The van der Waals surface area contributed by atoms with E-state index in [-0.39, 0.29) is 5.91 Å². The van der Waals surface area contributed by atoms with E-state index < -0.39 is 0 Å². The van der Waals surface area contributed by atoms with E-state index in [1.807, 2.05) is 69.2 Å². The van der Waals surface area contributed by atoms with Gasteiger partial charge in [-0.2, -0.15) is 0 Å². The van der Waals surface area contributed by atoms with Crippen molar-refractivity contribution in [1.29, 1.82) is 0 Å². The Hall–Kier alpha value is -2.95. The quantitative estimate of drug-likeness (QED) is 0.796. The predicted octanol–water partition coefficient (Wildman–Crippen LogP) is 3.24. The van der Waals surface area contributed by atoms with E-state index in [9.17, 15) is 4.79 Å². The first-order valence-electron chi connectivity index (χ1n) is 8.24. The maximum atomic E-state index is 12.8. The summed E-state index contributed by atoms with van der Waals surface area (Å²) in [6, 6.07) is 11.7. The molecule has 0 aliphatic heterocycles. The molecule has 1 N–H and O–H groups in total. The van der Waals surface area contributed by atoms with Gasteiger partial charge in [0.1, 0.15) is 5.82 Å². The number of nitrogens with one attached hydrogen (secondary N) is 1. The molecule has 128 valence electrons. The minimum Gasteiger partial charge on any atom is -0.362 e. The van der Waals surface area contributed by atoms with Crippen LogP contribution in [0.3, 0.4) is 0 Å². The van der Waals surface area contributed by atoms with Gasteiger partial charge in [-0.1, -0.05) is 24.3 Å². The van der Waals surface area contributed by atoms with E-state index in [4.69, 9.17) is 0 Å². The van der Waals surface area contributed by atoms with Crippen LogP contribution < -0.4 is 10.2 Å². The third-order valence-corrected chi connectivity index (χ3v) is 4.29. The van der Waals surface area contributed by atoms with Crippen LogP contribution in [-0.4, -0.2) is 30.0 Å². The number of para-hydroxylation sites is 1. The highest BCUT2D eigenvalue weighted by molar-refractivity contribution is 6.01. The number of aryl methyl sites for hydroxylation is 2. The molecule has 25 heavy (non-hydrogen) atoms. The minimum atomic E-state index is -0.109. The smallest absolute Gasteiger partial charge is 0.253 e. The standard InChI is InChI=1S/C20H22N4O/c1-13-16-9-5-6-10-17(16)23-14(2)18(13)20(25)22-12-15-8-7-11-21-19(15)24(3)4/h5-11H,12H2,1-4H3,(H,22,25). The number of carbonyl (C=O) groups excluding carboxylic acids is 1. The molecule has 1 aromatic carbocycles. The molecule has 0 aliphatic carbocycles. The third kappa shape index (κ3) is 3.31. The number of fused-ring (bicyclic) bond motifs is 1. The lowest BCUT2D eigenvalue weighted by atomic mass is 10.0. The zero-order valence-electron chi connectivity index (χ0n) is 15.0. The van der Waals surface area contributed by atoms with Gasteiger partial charge in [0.25, 0.3) is 5.91 Å². The number of nitrogens with zero attached hydrogens (tertiary/aromatic N) is 3. The first kappa shape index (κ1) is 16.9. The van der Waals surface area contributed by atoms with Crippen LogP contribution in [0, 0.1) is 13.8 Å². The zero-order valence-corrected chi connectivity index (χ0v) is 15.0. The third-order valence-electron chi connectivity index (χ3n) is 4.29. The minimum absolute atomic E-state index is 0.109. The average Bonchev–Trinajstić information content (AvgIpc) is 2.60. The Morgan fingerprint density at radius 2 is 1.88 bits per heavy atom. The lowest BCUT2D eigenvalue weighted by molar-refractivity contribution is 0.0949. The van der Waals surface area contributed by atoms with Gasteiger partial charge in [-0.15, -0.1) is 0 Å². The highest BCUT2D eigenvalue weighted by Gasteiger charge is 2.16. The molecule has 0 unspecified atom stereocenters. The van der Waals surface area contributed by atoms with E-state index in [1.165, 1.54) is 0 Å². The second-order valence-electron chi connectivity index (χ2n) is 6.28. The molecule has 0 atom stereocenters. The molecular weight excluding hydrogens is 312 g/mol. The van der Waals surface area contributed by atoms with Gasteiger partial charge in [-0.3, -0.25) is 9.78 Å². The second-order valence-corrected chi connectivity index (χ2v) is 6.28. The van der Waals surface area contributed by atoms with Gasteiger partial charge in [-0.25, -0.2) is 4.98 Å². The number of pyridine rings is 2. The average molecular weight is 334 g/mol. The number of carbonyl (C=O) groups is 1. The van der Waals surface area contributed by atoms with E-state index in [1.54, 1.807) is 6.20 Å². The largest absolute Gasteiger partial charge is 0.362 e. The summed E-state index contributed by atoms with van der Waals surface area (Å²) in [5.74, 6) is 0.745. The summed E-state index contributed by atoms with van der Waals surface area (Å²) in [6.45, 7) is 4.27. The molecule has 2 heterocycles. The molecule has 0 saturated carbocycles. The Kier molecular flexibility index (Phi) is 4.65. The summed E-state index contributed by atoms with van der Waals surface area (Å²) in [4.78, 5) is 23.7. The van der Waals surface area contributed by atoms with E-state index in [0.29, 0.717) is 12.1 Å². The fraction of sp³-hybridized carbons (Fsp3) is 0.250. The van der Waals surface area contributed by atoms with Crippen LogP contribution >= 0.6 is 0 Å². The van der Waals surface area contributed by atoms with Crippen molar-refractivity contribution in [2.45, 2.75) is 20.4 Å². The van der Waals surface area contributed by atoms with Crippen molar-refractivity contribution in [3.05, 3.63) is 65.0 Å². The topological polar surface area (TPSA) is 58.1 Å². The second kappa shape index (κ2) is 6.89. The predicted molar refractivity (Wildman–Crippen MR) is 101 cm³/mol. The number of hydrogen-bond donors (Lipinski definition) is 1. The lowest BCUT2D eigenvalue weighted by Crippen LogP contribution is -2.26. The molecule has 2 aromatic heterocycles.